The summed E-state index contributed by atoms with van der Waals surface area (Å²) in [5.74, 6) is 0.946. The van der Waals surface area contributed by atoms with Crippen molar-refractivity contribution in [3.8, 4) is 22.5 Å². The van der Waals surface area contributed by atoms with E-state index < -0.39 is 0 Å². The van der Waals surface area contributed by atoms with Crippen LogP contribution in [0, 0.1) is 0 Å². The summed E-state index contributed by atoms with van der Waals surface area (Å²) in [4.78, 5) is 12.0. The number of nitrogens with zero attached hydrogens (tertiary/aromatic N) is 6. The molecule has 2 fully saturated rings. The van der Waals surface area contributed by atoms with Crippen LogP contribution in [0.3, 0.4) is 0 Å². The molecule has 1 aliphatic carbocycles. The Morgan fingerprint density at radius 3 is 2.93 bits per heavy atom. The Morgan fingerprint density at radius 2 is 2.13 bits per heavy atom. The lowest BCUT2D eigenvalue weighted by molar-refractivity contribution is 0.0986. The number of hydrogen-bond acceptors (Lipinski definition) is 6. The maximum Gasteiger partial charge on any atom is 0.130 e. The van der Waals surface area contributed by atoms with Crippen LogP contribution in [0.5, 0.6) is 0 Å². The van der Waals surface area contributed by atoms with Gasteiger partial charge in [0.15, 0.2) is 0 Å². The maximum atomic E-state index is 5.65. The predicted molar refractivity (Wildman–Crippen MR) is 114 cm³/mol. The molecule has 1 saturated carbocycles. The van der Waals surface area contributed by atoms with Gasteiger partial charge in [0.05, 0.1) is 37.2 Å². The summed E-state index contributed by atoms with van der Waals surface area (Å²) in [6.45, 7) is 4.41. The van der Waals surface area contributed by atoms with E-state index in [1.165, 1.54) is 12.8 Å². The molecule has 152 valence electrons. The largest absolute Gasteiger partial charge is 0.377 e. The van der Waals surface area contributed by atoms with Crippen molar-refractivity contribution in [3.05, 3.63) is 43.0 Å². The summed E-state index contributed by atoms with van der Waals surface area (Å²) in [5, 5.41) is 12.8. The van der Waals surface area contributed by atoms with Gasteiger partial charge in [0, 0.05) is 36.1 Å². The molecule has 1 atom stereocenters. The van der Waals surface area contributed by atoms with Gasteiger partial charge in [-0.2, -0.15) is 10.2 Å². The number of H-pyrrole nitrogens is 1. The number of fused-ring (bicyclic) bond motifs is 1. The lowest BCUT2D eigenvalue weighted by Gasteiger charge is -2.34. The Labute approximate surface area is 173 Å². The second-order valence-corrected chi connectivity index (χ2v) is 8.11. The molecule has 0 aromatic carbocycles. The highest BCUT2D eigenvalue weighted by Gasteiger charge is 2.26. The minimum atomic E-state index is 0.262. The second kappa shape index (κ2) is 6.91. The third-order valence-corrected chi connectivity index (χ3v) is 5.97. The first-order valence-corrected chi connectivity index (χ1v) is 10.5. The van der Waals surface area contributed by atoms with Crippen molar-refractivity contribution >= 4 is 16.7 Å². The fraction of sp³-hybridized carbons (Fsp3) is 0.364. The molecule has 0 bridgehead atoms. The Morgan fingerprint density at radius 1 is 1.20 bits per heavy atom. The zero-order valence-corrected chi connectivity index (χ0v) is 16.8. The Kier molecular flexibility index (Phi) is 4.05. The van der Waals surface area contributed by atoms with Gasteiger partial charge < -0.3 is 9.64 Å². The van der Waals surface area contributed by atoms with Crippen molar-refractivity contribution in [2.24, 2.45) is 0 Å². The summed E-state index contributed by atoms with van der Waals surface area (Å²) in [5.41, 5.74) is 4.78. The summed E-state index contributed by atoms with van der Waals surface area (Å²) < 4.78 is 7.74. The van der Waals surface area contributed by atoms with Crippen LogP contribution in [0.25, 0.3) is 33.4 Å². The van der Waals surface area contributed by atoms with E-state index in [-0.39, 0.29) is 6.04 Å². The normalized spacial score (nSPS) is 19.5. The molecule has 1 N–H and O–H groups in total. The number of hydrogen-bond donors (Lipinski definition) is 1. The monoisotopic (exact) mass is 401 g/mol. The van der Waals surface area contributed by atoms with Crippen LogP contribution < -0.4 is 4.90 Å². The van der Waals surface area contributed by atoms with Crippen LogP contribution in [0.2, 0.25) is 0 Å². The van der Waals surface area contributed by atoms with Gasteiger partial charge in [-0.1, -0.05) is 0 Å². The van der Waals surface area contributed by atoms with Crippen LogP contribution in [0.1, 0.15) is 25.8 Å². The number of aromatic amines is 1. The van der Waals surface area contributed by atoms with E-state index in [0.717, 1.165) is 45.8 Å². The van der Waals surface area contributed by atoms with Gasteiger partial charge in [0.2, 0.25) is 0 Å². The van der Waals surface area contributed by atoms with Crippen LogP contribution >= 0.6 is 0 Å². The summed E-state index contributed by atoms with van der Waals surface area (Å²) >= 11 is 0. The molecule has 4 aromatic heterocycles. The number of anilines is 1. The first kappa shape index (κ1) is 17.6. The Hall–Kier alpha value is -3.26. The number of ether oxygens (including phenoxy) is 1. The third-order valence-electron chi connectivity index (χ3n) is 5.97. The van der Waals surface area contributed by atoms with E-state index in [2.05, 4.69) is 49.0 Å². The molecule has 8 nitrogen and oxygen atoms in total. The van der Waals surface area contributed by atoms with Crippen molar-refractivity contribution < 1.29 is 4.74 Å². The molecule has 0 spiro atoms. The molecule has 1 unspecified atom stereocenters. The third kappa shape index (κ3) is 2.95. The smallest absolute Gasteiger partial charge is 0.130 e. The molecule has 6 rings (SSSR count). The van der Waals surface area contributed by atoms with E-state index >= 15 is 0 Å². The number of nitrogens with one attached hydrogen (secondary N) is 1. The minimum Gasteiger partial charge on any atom is -0.377 e. The molecule has 4 aromatic rings. The van der Waals surface area contributed by atoms with Crippen LogP contribution in [0.15, 0.2) is 43.0 Å². The van der Waals surface area contributed by atoms with Crippen LogP contribution in [0.4, 0.5) is 5.82 Å². The average molecular weight is 401 g/mol. The molecule has 0 radical (unpaired) electrons. The zero-order valence-electron chi connectivity index (χ0n) is 16.8. The lowest BCUT2D eigenvalue weighted by atomic mass is 10.0. The Balaban J connectivity index is 1.58. The van der Waals surface area contributed by atoms with Gasteiger partial charge in [-0.15, -0.1) is 0 Å². The van der Waals surface area contributed by atoms with E-state index in [9.17, 15) is 0 Å². The fourth-order valence-electron chi connectivity index (χ4n) is 4.19. The number of morpholine rings is 1. The molecule has 30 heavy (non-hydrogen) atoms. The highest BCUT2D eigenvalue weighted by Crippen LogP contribution is 2.38. The predicted octanol–water partition coefficient (Wildman–Crippen LogP) is 3.44. The molecular formula is C22H23N7O. The zero-order chi connectivity index (χ0) is 20.1. The standard InChI is InChI=1S/C22H23N7O/c1-14-13-30-9-8-28(14)20-10-18(15-11-25-29(12-15)16-2-3-16)17-4-6-23-22(21(17)26-20)19-5-7-24-27-19/h4-7,10-12,14,16H,2-3,8-9,13H2,1H3,(H,24,27). The van der Waals surface area contributed by atoms with Gasteiger partial charge in [-0.05, 0) is 43.5 Å². The fourth-order valence-corrected chi connectivity index (χ4v) is 4.19. The minimum absolute atomic E-state index is 0.262. The average Bonchev–Trinajstić information content (AvgIpc) is 3.26. The van der Waals surface area contributed by atoms with Crippen molar-refractivity contribution in [2.75, 3.05) is 24.7 Å². The van der Waals surface area contributed by atoms with Gasteiger partial charge in [-0.3, -0.25) is 14.8 Å². The Bertz CT molecular complexity index is 1200. The topological polar surface area (TPSA) is 84.8 Å². The highest BCUT2D eigenvalue weighted by atomic mass is 16.5. The van der Waals surface area contributed by atoms with Gasteiger partial charge >= 0.3 is 0 Å². The van der Waals surface area contributed by atoms with Crippen LogP contribution in [-0.2, 0) is 4.74 Å². The van der Waals surface area contributed by atoms with Crippen molar-refractivity contribution in [3.63, 3.8) is 0 Å². The van der Waals surface area contributed by atoms with E-state index in [4.69, 9.17) is 9.72 Å². The lowest BCUT2D eigenvalue weighted by Crippen LogP contribution is -2.44. The molecular weight excluding hydrogens is 378 g/mol. The number of aromatic nitrogens is 6. The maximum absolute atomic E-state index is 5.65. The van der Waals surface area contributed by atoms with Crippen molar-refractivity contribution in [1.82, 2.24) is 29.9 Å². The molecule has 8 heteroatoms. The number of pyridine rings is 2. The summed E-state index contributed by atoms with van der Waals surface area (Å²) in [6.07, 6.45) is 10.1. The van der Waals surface area contributed by atoms with Crippen LogP contribution in [-0.4, -0.2) is 55.7 Å². The second-order valence-electron chi connectivity index (χ2n) is 8.11. The highest BCUT2D eigenvalue weighted by molar-refractivity contribution is 6.01. The first-order chi connectivity index (χ1) is 14.8. The quantitative estimate of drug-likeness (QED) is 0.564. The molecule has 2 aliphatic rings. The van der Waals surface area contributed by atoms with E-state index in [1.54, 1.807) is 6.20 Å². The van der Waals surface area contributed by atoms with Gasteiger partial charge in [-0.25, -0.2) is 4.98 Å². The molecule has 5 heterocycles. The molecule has 1 saturated heterocycles. The summed E-state index contributed by atoms with van der Waals surface area (Å²) in [7, 11) is 0. The van der Waals surface area contributed by atoms with Gasteiger partial charge in [0.1, 0.15) is 17.0 Å². The van der Waals surface area contributed by atoms with E-state index in [1.807, 2.05) is 24.5 Å². The first-order valence-electron chi connectivity index (χ1n) is 10.5. The van der Waals surface area contributed by atoms with Crippen molar-refractivity contribution in [2.45, 2.75) is 31.8 Å². The van der Waals surface area contributed by atoms with E-state index in [0.29, 0.717) is 19.3 Å². The number of rotatable bonds is 4. The molecule has 0 amide bonds. The summed E-state index contributed by atoms with van der Waals surface area (Å²) in [6, 6.07) is 6.97. The van der Waals surface area contributed by atoms with Crippen molar-refractivity contribution in [1.29, 1.82) is 0 Å². The molecule has 1 aliphatic heterocycles. The van der Waals surface area contributed by atoms with Gasteiger partial charge in [0.25, 0.3) is 0 Å². The SMILES string of the molecule is CC1COCCN1c1cc(-c2cnn(C3CC3)c2)c2ccnc(-c3ccn[nH]3)c2n1.